The number of benzene rings is 2. The fraction of sp³-hybridized carbons (Fsp3) is 0.333. The van der Waals surface area contributed by atoms with Crippen molar-refractivity contribution < 1.29 is 9.53 Å². The summed E-state index contributed by atoms with van der Waals surface area (Å²) < 4.78 is 7.48. The largest absolute Gasteiger partial charge is 0.496 e. The Bertz CT molecular complexity index is 1110. The molecule has 1 amide bonds. The molecule has 1 saturated carbocycles. The fourth-order valence-electron chi connectivity index (χ4n) is 3.95. The Hall–Kier alpha value is -2.84. The monoisotopic (exact) mass is 483 g/mol. The van der Waals surface area contributed by atoms with E-state index in [4.69, 9.17) is 16.3 Å². The van der Waals surface area contributed by atoms with E-state index in [0.29, 0.717) is 16.8 Å². The van der Waals surface area contributed by atoms with Gasteiger partial charge in [-0.1, -0.05) is 54.8 Å². The Kier molecular flexibility index (Phi) is 8.01. The van der Waals surface area contributed by atoms with Crippen LogP contribution in [0, 0.1) is 0 Å². The molecule has 33 heavy (non-hydrogen) atoms. The molecule has 1 aliphatic rings. The van der Waals surface area contributed by atoms with Crippen LogP contribution in [-0.4, -0.2) is 39.7 Å². The minimum atomic E-state index is -0.211. The molecule has 1 aliphatic carbocycles. The second-order valence-electron chi connectivity index (χ2n) is 7.80. The number of hydrogen-bond donors (Lipinski definition) is 1. The lowest BCUT2D eigenvalue weighted by Gasteiger charge is -2.25. The molecular formula is C24H26ClN5O2S. The van der Waals surface area contributed by atoms with Crippen LogP contribution in [-0.2, 0) is 4.79 Å². The summed E-state index contributed by atoms with van der Waals surface area (Å²) in [5.74, 6) is 1.49. The maximum atomic E-state index is 12.4. The van der Waals surface area contributed by atoms with Crippen molar-refractivity contribution in [2.75, 3.05) is 12.9 Å². The van der Waals surface area contributed by atoms with Gasteiger partial charge in [-0.3, -0.25) is 9.36 Å². The van der Waals surface area contributed by atoms with E-state index < -0.39 is 0 Å². The highest BCUT2D eigenvalue weighted by Crippen LogP contribution is 2.35. The summed E-state index contributed by atoms with van der Waals surface area (Å²) in [6, 6.07) is 15.4. The fourth-order valence-corrected chi connectivity index (χ4v) is 4.87. The van der Waals surface area contributed by atoms with E-state index in [-0.39, 0.29) is 11.7 Å². The van der Waals surface area contributed by atoms with E-state index in [0.717, 1.165) is 34.9 Å². The van der Waals surface area contributed by atoms with Crippen molar-refractivity contribution in [3.8, 4) is 17.1 Å². The molecule has 0 unspecified atom stereocenters. The van der Waals surface area contributed by atoms with Crippen LogP contribution in [0.2, 0.25) is 5.02 Å². The number of rotatable bonds is 8. The van der Waals surface area contributed by atoms with E-state index in [1.807, 2.05) is 48.5 Å². The Balaban J connectivity index is 1.45. The molecule has 1 N–H and O–H groups in total. The third kappa shape index (κ3) is 5.94. The molecule has 1 fully saturated rings. The van der Waals surface area contributed by atoms with Gasteiger partial charge in [0.1, 0.15) is 5.75 Å². The SMILES string of the molecule is COc1ccccc1/C=N\NC(=O)CSc1nnc(-c2ccc(Cl)cc2)n1C1CCCCC1. The highest BCUT2D eigenvalue weighted by atomic mass is 35.5. The van der Waals surface area contributed by atoms with Crippen LogP contribution in [0.3, 0.4) is 0 Å². The summed E-state index contributed by atoms with van der Waals surface area (Å²) >= 11 is 7.44. The highest BCUT2D eigenvalue weighted by Gasteiger charge is 2.24. The molecule has 0 spiro atoms. The molecule has 1 aromatic heterocycles. The summed E-state index contributed by atoms with van der Waals surface area (Å²) in [6.07, 6.45) is 7.37. The van der Waals surface area contributed by atoms with E-state index in [9.17, 15) is 4.79 Å². The first kappa shape index (κ1) is 23.3. The molecule has 0 radical (unpaired) electrons. The van der Waals surface area contributed by atoms with Crippen molar-refractivity contribution in [3.05, 3.63) is 59.1 Å². The minimum absolute atomic E-state index is 0.189. The number of methoxy groups -OCH3 is 1. The number of carbonyl (C=O) groups excluding carboxylic acids is 1. The summed E-state index contributed by atoms with van der Waals surface area (Å²) in [7, 11) is 1.60. The van der Waals surface area contributed by atoms with Gasteiger partial charge in [0, 0.05) is 22.2 Å². The van der Waals surface area contributed by atoms with Crippen molar-refractivity contribution >= 4 is 35.5 Å². The van der Waals surface area contributed by atoms with Gasteiger partial charge in [0.05, 0.1) is 19.1 Å². The van der Waals surface area contributed by atoms with Crippen LogP contribution in [0.1, 0.15) is 43.7 Å². The molecule has 0 saturated heterocycles. The minimum Gasteiger partial charge on any atom is -0.496 e. The van der Waals surface area contributed by atoms with Crippen molar-refractivity contribution in [2.24, 2.45) is 5.10 Å². The zero-order valence-corrected chi connectivity index (χ0v) is 20.0. The number of amides is 1. The van der Waals surface area contributed by atoms with Crippen LogP contribution in [0.25, 0.3) is 11.4 Å². The topological polar surface area (TPSA) is 81.4 Å². The number of aromatic nitrogens is 3. The van der Waals surface area contributed by atoms with Gasteiger partial charge in [0.2, 0.25) is 0 Å². The summed E-state index contributed by atoms with van der Waals surface area (Å²) in [6.45, 7) is 0. The number of para-hydroxylation sites is 1. The maximum absolute atomic E-state index is 12.4. The summed E-state index contributed by atoms with van der Waals surface area (Å²) in [5.41, 5.74) is 4.34. The smallest absolute Gasteiger partial charge is 0.250 e. The Morgan fingerprint density at radius 3 is 2.70 bits per heavy atom. The predicted octanol–water partition coefficient (Wildman–Crippen LogP) is 5.35. The average molecular weight is 484 g/mol. The van der Waals surface area contributed by atoms with Gasteiger partial charge in [-0.25, -0.2) is 5.43 Å². The first-order chi connectivity index (χ1) is 16.2. The number of halogens is 1. The molecule has 172 valence electrons. The lowest BCUT2D eigenvalue weighted by atomic mass is 9.95. The van der Waals surface area contributed by atoms with Crippen LogP contribution < -0.4 is 10.2 Å². The summed E-state index contributed by atoms with van der Waals surface area (Å²) in [5, 5.41) is 14.4. The van der Waals surface area contributed by atoms with Crippen molar-refractivity contribution in [1.82, 2.24) is 20.2 Å². The lowest BCUT2D eigenvalue weighted by molar-refractivity contribution is -0.118. The van der Waals surface area contributed by atoms with Gasteiger partial charge in [-0.05, 0) is 49.2 Å². The van der Waals surface area contributed by atoms with Crippen LogP contribution in [0.5, 0.6) is 5.75 Å². The van der Waals surface area contributed by atoms with Crippen molar-refractivity contribution in [3.63, 3.8) is 0 Å². The molecule has 3 aromatic rings. The zero-order valence-electron chi connectivity index (χ0n) is 18.4. The number of ether oxygens (including phenoxy) is 1. The second kappa shape index (κ2) is 11.3. The number of nitrogens with one attached hydrogen (secondary N) is 1. The molecule has 1 heterocycles. The zero-order chi connectivity index (χ0) is 23.0. The third-order valence-electron chi connectivity index (χ3n) is 5.57. The number of nitrogens with zero attached hydrogens (tertiary/aromatic N) is 4. The Morgan fingerprint density at radius 1 is 1.18 bits per heavy atom. The third-order valence-corrected chi connectivity index (χ3v) is 6.77. The number of thioether (sulfide) groups is 1. The molecule has 0 atom stereocenters. The highest BCUT2D eigenvalue weighted by molar-refractivity contribution is 7.99. The molecule has 2 aromatic carbocycles. The van der Waals surface area contributed by atoms with Gasteiger partial charge in [0.15, 0.2) is 11.0 Å². The van der Waals surface area contributed by atoms with Crippen LogP contribution in [0.15, 0.2) is 58.8 Å². The molecule has 7 nitrogen and oxygen atoms in total. The van der Waals surface area contributed by atoms with Gasteiger partial charge in [-0.15, -0.1) is 10.2 Å². The van der Waals surface area contributed by atoms with E-state index >= 15 is 0 Å². The first-order valence-electron chi connectivity index (χ1n) is 10.9. The van der Waals surface area contributed by atoms with Gasteiger partial charge in [0.25, 0.3) is 5.91 Å². The van der Waals surface area contributed by atoms with Gasteiger partial charge >= 0.3 is 0 Å². The summed E-state index contributed by atoms with van der Waals surface area (Å²) in [4.78, 5) is 12.4. The molecule has 0 aliphatic heterocycles. The number of hydrogen-bond acceptors (Lipinski definition) is 6. The van der Waals surface area contributed by atoms with Crippen LogP contribution in [0.4, 0.5) is 0 Å². The maximum Gasteiger partial charge on any atom is 0.250 e. The lowest BCUT2D eigenvalue weighted by Crippen LogP contribution is -2.20. The normalized spacial score (nSPS) is 14.5. The Labute approximate surface area is 202 Å². The quantitative estimate of drug-likeness (QED) is 0.265. The van der Waals surface area contributed by atoms with E-state index in [1.54, 1.807) is 13.3 Å². The molecular weight excluding hydrogens is 458 g/mol. The second-order valence-corrected chi connectivity index (χ2v) is 9.18. The number of carbonyl (C=O) groups is 1. The average Bonchev–Trinajstić information content (AvgIpc) is 3.28. The van der Waals surface area contributed by atoms with Crippen LogP contribution >= 0.6 is 23.4 Å². The van der Waals surface area contributed by atoms with Gasteiger partial charge < -0.3 is 4.74 Å². The van der Waals surface area contributed by atoms with Crippen molar-refractivity contribution in [2.45, 2.75) is 43.3 Å². The predicted molar refractivity (Wildman–Crippen MR) is 132 cm³/mol. The van der Waals surface area contributed by atoms with E-state index in [1.165, 1.54) is 31.0 Å². The standard InChI is InChI=1S/C24H26ClN5O2S/c1-32-21-10-6-5-7-18(21)15-26-27-22(31)16-33-24-29-28-23(17-11-13-19(25)14-12-17)30(24)20-8-3-2-4-9-20/h5-7,10-15,20H,2-4,8-9,16H2,1H3,(H,27,31)/b26-15-. The molecule has 0 bridgehead atoms. The van der Waals surface area contributed by atoms with E-state index in [2.05, 4.69) is 25.3 Å². The Morgan fingerprint density at radius 2 is 1.94 bits per heavy atom. The molecule has 9 heteroatoms. The van der Waals surface area contributed by atoms with Crippen molar-refractivity contribution in [1.29, 1.82) is 0 Å². The molecule has 4 rings (SSSR count). The first-order valence-corrected chi connectivity index (χ1v) is 12.3. The van der Waals surface area contributed by atoms with Gasteiger partial charge in [-0.2, -0.15) is 5.10 Å². The number of hydrazone groups is 1.